The maximum atomic E-state index is 9.41. The van der Waals surface area contributed by atoms with Gasteiger partial charge < -0.3 is 23.2 Å². The summed E-state index contributed by atoms with van der Waals surface area (Å²) in [5.41, 5.74) is 6.68. The van der Waals surface area contributed by atoms with Gasteiger partial charge in [-0.15, -0.1) is 0 Å². The topological polar surface area (TPSA) is 74.4 Å². The average molecular weight is 200 g/mol. The van der Waals surface area contributed by atoms with Crippen LogP contribution < -0.4 is 18.1 Å². The van der Waals surface area contributed by atoms with Crippen LogP contribution in [0.5, 0.6) is 5.75 Å². The van der Waals surface area contributed by atoms with Gasteiger partial charge in [0.2, 0.25) is 5.39 Å². The second-order valence-corrected chi connectivity index (χ2v) is 2.45. The first-order valence-corrected chi connectivity index (χ1v) is 3.66. The van der Waals surface area contributed by atoms with E-state index in [9.17, 15) is 5.11 Å². The first-order chi connectivity index (χ1) is 5.70. The molecule has 0 aliphatic rings. The van der Waals surface area contributed by atoms with E-state index in [0.29, 0.717) is 23.4 Å². The van der Waals surface area contributed by atoms with Gasteiger partial charge in [-0.05, 0) is 12.5 Å². The van der Waals surface area contributed by atoms with Crippen molar-refractivity contribution in [1.29, 1.82) is 5.39 Å². The first-order valence-electron chi connectivity index (χ1n) is 3.66. The Kier molecular flexibility index (Phi) is 4.02. The van der Waals surface area contributed by atoms with E-state index in [2.05, 4.69) is 4.98 Å². The summed E-state index contributed by atoms with van der Waals surface area (Å²) in [5, 5.41) is 18.0. The molecule has 0 spiro atoms. The molecule has 1 aromatic carbocycles. The zero-order chi connectivity index (χ0) is 9.14. The number of aromatic hydroxyl groups is 1. The number of nitrogens with two attached hydrogens (primary N) is 1. The predicted octanol–water partition coefficient (Wildman–Crippen LogP) is -0.975. The van der Waals surface area contributed by atoms with Gasteiger partial charge in [-0.1, -0.05) is 6.92 Å². The van der Waals surface area contributed by atoms with Crippen LogP contribution in [0.1, 0.15) is 12.5 Å². The zero-order valence-corrected chi connectivity index (χ0v) is 7.91. The fourth-order valence-electron chi connectivity index (χ4n) is 1.09. The number of benzene rings is 1. The van der Waals surface area contributed by atoms with Gasteiger partial charge in [-0.25, -0.2) is 0 Å². The normalized spacial score (nSPS) is 8.62. The molecule has 4 nitrogen and oxygen atoms in total. The fourth-order valence-corrected chi connectivity index (χ4v) is 1.09. The van der Waals surface area contributed by atoms with Crippen LogP contribution in [0.2, 0.25) is 0 Å². The molecule has 0 aliphatic carbocycles. The third-order valence-corrected chi connectivity index (χ3v) is 1.75. The Morgan fingerprint density at radius 1 is 1.54 bits per heavy atom. The molecule has 5 heteroatoms. The quantitative estimate of drug-likeness (QED) is 0.347. The van der Waals surface area contributed by atoms with Crippen molar-refractivity contribution in [3.63, 3.8) is 0 Å². The maximum Gasteiger partial charge on any atom is 0.392 e. The highest BCUT2D eigenvalue weighted by Gasteiger charge is 2.17. The zero-order valence-electron chi connectivity index (χ0n) is 7.16. The van der Waals surface area contributed by atoms with E-state index in [4.69, 9.17) is 11.1 Å². The number of rotatable bonds is 1. The molecule has 0 bridgehead atoms. The molecule has 13 heavy (non-hydrogen) atoms. The highest BCUT2D eigenvalue weighted by molar-refractivity contribution is 5.67. The van der Waals surface area contributed by atoms with Gasteiger partial charge in [-0.3, -0.25) is 0 Å². The van der Waals surface area contributed by atoms with Crippen molar-refractivity contribution in [2.75, 3.05) is 5.73 Å². The van der Waals surface area contributed by atoms with Crippen molar-refractivity contribution in [3.8, 4) is 5.75 Å². The van der Waals surface area contributed by atoms with Crippen molar-refractivity contribution < 1.29 is 17.5 Å². The molecule has 0 heterocycles. The van der Waals surface area contributed by atoms with Gasteiger partial charge in [0, 0.05) is 6.07 Å². The van der Waals surface area contributed by atoms with Crippen molar-refractivity contribution in [2.45, 2.75) is 13.3 Å². The summed E-state index contributed by atoms with van der Waals surface area (Å²) >= 11 is 0. The van der Waals surface area contributed by atoms with Gasteiger partial charge >= 0.3 is 5.69 Å². The van der Waals surface area contributed by atoms with Gasteiger partial charge in [-0.2, -0.15) is 0 Å². The summed E-state index contributed by atoms with van der Waals surface area (Å²) in [6.07, 6.45) is 0.580. The lowest BCUT2D eigenvalue weighted by Gasteiger charge is -2.00. The molecule has 0 saturated heterocycles. The molecule has 0 saturated carbocycles. The van der Waals surface area contributed by atoms with Crippen molar-refractivity contribution in [3.05, 3.63) is 22.7 Å². The highest BCUT2D eigenvalue weighted by Crippen LogP contribution is 2.33. The molecule has 0 radical (unpaired) electrons. The van der Waals surface area contributed by atoms with E-state index in [0.717, 1.165) is 0 Å². The van der Waals surface area contributed by atoms with Crippen LogP contribution in [-0.4, -0.2) is 5.11 Å². The number of diazo groups is 1. The van der Waals surface area contributed by atoms with Crippen molar-refractivity contribution in [1.82, 2.24) is 0 Å². The minimum atomic E-state index is 0. The minimum absolute atomic E-state index is 0. The third-order valence-electron chi connectivity index (χ3n) is 1.75. The highest BCUT2D eigenvalue weighted by atomic mass is 35.5. The molecule has 70 valence electrons. The lowest BCUT2D eigenvalue weighted by Crippen LogP contribution is -3.00. The van der Waals surface area contributed by atoms with Gasteiger partial charge in [0.15, 0.2) is 4.98 Å². The third kappa shape index (κ3) is 2.01. The molecule has 0 aromatic heterocycles. The summed E-state index contributed by atoms with van der Waals surface area (Å²) < 4.78 is 0. The Morgan fingerprint density at radius 2 is 2.15 bits per heavy atom. The molecule has 0 unspecified atom stereocenters. The molecule has 0 aliphatic heterocycles. The minimum Gasteiger partial charge on any atom is -1.00 e. The molecule has 0 fully saturated rings. The van der Waals surface area contributed by atoms with Crippen molar-refractivity contribution >= 4 is 11.4 Å². The Bertz CT molecular complexity index is 346. The number of nitrogens with zero attached hydrogens (tertiary/aromatic N) is 2. The standard InChI is InChI=1S/C8H9N3O.ClH/c1-2-5-7(11-10)4-3-6(9)8(5)12;/h3-4,9-10H,2H2,1H3;1H. The average Bonchev–Trinajstić information content (AvgIpc) is 2.09. The number of nitrogen functional groups attached to an aromatic ring is 1. The van der Waals surface area contributed by atoms with Crippen LogP contribution in [0.15, 0.2) is 12.1 Å². The molecular weight excluding hydrogens is 190 g/mol. The lowest BCUT2D eigenvalue weighted by atomic mass is 10.1. The number of phenols is 1. The molecule has 0 atom stereocenters. The smallest absolute Gasteiger partial charge is 0.392 e. The Labute approximate surface area is 82.4 Å². The van der Waals surface area contributed by atoms with E-state index in [1.807, 2.05) is 6.92 Å². The van der Waals surface area contributed by atoms with Gasteiger partial charge in [0.05, 0.1) is 11.3 Å². The number of hydrogen-bond acceptors (Lipinski definition) is 3. The second-order valence-electron chi connectivity index (χ2n) is 2.45. The number of anilines is 1. The first kappa shape index (κ1) is 11.5. The van der Waals surface area contributed by atoms with E-state index >= 15 is 0 Å². The van der Waals surface area contributed by atoms with Crippen LogP contribution in [-0.2, 0) is 6.42 Å². The molecule has 0 amide bonds. The van der Waals surface area contributed by atoms with E-state index in [1.54, 1.807) is 6.07 Å². The van der Waals surface area contributed by atoms with Crippen LogP contribution in [0.4, 0.5) is 11.4 Å². The Morgan fingerprint density at radius 3 is 2.62 bits per heavy atom. The lowest BCUT2D eigenvalue weighted by molar-refractivity contribution is -0.00000371. The summed E-state index contributed by atoms with van der Waals surface area (Å²) in [6.45, 7) is 1.85. The summed E-state index contributed by atoms with van der Waals surface area (Å²) in [5.74, 6) is 0.00722. The molecular formula is C8H10ClN3O. The van der Waals surface area contributed by atoms with Crippen LogP contribution in [0.3, 0.4) is 0 Å². The van der Waals surface area contributed by atoms with Crippen LogP contribution >= 0.6 is 0 Å². The largest absolute Gasteiger partial charge is 1.00 e. The summed E-state index contributed by atoms with van der Waals surface area (Å²) in [7, 11) is 0. The van der Waals surface area contributed by atoms with Crippen LogP contribution in [0.25, 0.3) is 4.98 Å². The van der Waals surface area contributed by atoms with E-state index in [-0.39, 0.29) is 18.2 Å². The summed E-state index contributed by atoms with van der Waals surface area (Å²) in [4.78, 5) is 3.03. The second kappa shape index (κ2) is 4.53. The SMILES string of the molecule is CCc1c([N+]#N)ccc(N)c1O.[Cl-]. The molecule has 1 aromatic rings. The predicted molar refractivity (Wildman–Crippen MR) is 46.6 cm³/mol. The van der Waals surface area contributed by atoms with Crippen LogP contribution in [0, 0.1) is 5.39 Å². The molecule has 1 rings (SSSR count). The Hall–Kier alpha value is -1.47. The monoisotopic (exact) mass is 199 g/mol. The summed E-state index contributed by atoms with van der Waals surface area (Å²) in [6, 6.07) is 3.07. The van der Waals surface area contributed by atoms with Gasteiger partial charge in [0.25, 0.3) is 0 Å². The number of hydrogen-bond donors (Lipinski definition) is 2. The van der Waals surface area contributed by atoms with E-state index < -0.39 is 0 Å². The maximum absolute atomic E-state index is 9.41. The Balaban J connectivity index is 0.00000144. The van der Waals surface area contributed by atoms with Gasteiger partial charge in [0.1, 0.15) is 5.75 Å². The van der Waals surface area contributed by atoms with E-state index in [1.165, 1.54) is 6.07 Å². The number of halogens is 1. The fraction of sp³-hybridized carbons (Fsp3) is 0.250. The van der Waals surface area contributed by atoms with Crippen molar-refractivity contribution in [2.24, 2.45) is 0 Å². The number of phenolic OH excluding ortho intramolecular Hbond substituents is 1. The molecule has 3 N–H and O–H groups in total.